The number of benzene rings is 3. The molecule has 3 aliphatic rings. The second-order valence-electron chi connectivity index (χ2n) is 9.02. The summed E-state index contributed by atoms with van der Waals surface area (Å²) in [6.45, 7) is 1.49. The van der Waals surface area contributed by atoms with Crippen LogP contribution in [0.15, 0.2) is 78.9 Å². The number of para-hydroxylation sites is 2. The Bertz CT molecular complexity index is 1410. The van der Waals surface area contributed by atoms with Crippen LogP contribution in [0.25, 0.3) is 6.08 Å². The van der Waals surface area contributed by atoms with Crippen molar-refractivity contribution in [3.05, 3.63) is 101 Å². The molecule has 1 spiro atoms. The standard InChI is InChI=1S/C28H21ClN2O3/c1-16(32)25-24(26(33)18-9-3-5-11-20(18)29)28(19-10-4-6-12-21(19)30-27(28)34)23-15-14-17-8-2-7-13-22(17)31(23)25/h2-15,23-25H,1H3,(H,30,34)/t23-,24-,25-,28+/m1/s1. The van der Waals surface area contributed by atoms with Crippen LogP contribution in [-0.4, -0.2) is 29.6 Å². The number of amides is 1. The Morgan fingerprint density at radius 3 is 2.47 bits per heavy atom. The van der Waals surface area contributed by atoms with Gasteiger partial charge in [-0.2, -0.15) is 0 Å². The van der Waals surface area contributed by atoms with E-state index in [1.807, 2.05) is 65.6 Å². The normalized spacial score (nSPS) is 26.1. The number of carbonyl (C=O) groups excluding carboxylic acids is 3. The predicted octanol–water partition coefficient (Wildman–Crippen LogP) is 4.90. The first kappa shape index (κ1) is 20.9. The first-order valence-electron chi connectivity index (χ1n) is 11.2. The Morgan fingerprint density at radius 1 is 0.971 bits per heavy atom. The van der Waals surface area contributed by atoms with E-state index in [0.29, 0.717) is 16.3 Å². The topological polar surface area (TPSA) is 66.5 Å². The number of anilines is 2. The third kappa shape index (κ3) is 2.59. The van der Waals surface area contributed by atoms with Crippen LogP contribution in [0.4, 0.5) is 11.4 Å². The van der Waals surface area contributed by atoms with Crippen LogP contribution in [0, 0.1) is 5.92 Å². The number of Topliss-reactive ketones (excluding diaryl/α,β-unsaturated/α-hetero) is 2. The fourth-order valence-electron chi connectivity index (χ4n) is 6.10. The van der Waals surface area contributed by atoms with Gasteiger partial charge in [-0.3, -0.25) is 14.4 Å². The van der Waals surface area contributed by atoms with Crippen molar-refractivity contribution < 1.29 is 14.4 Å². The first-order chi connectivity index (χ1) is 16.5. The van der Waals surface area contributed by atoms with Crippen LogP contribution in [0.3, 0.4) is 0 Å². The molecule has 0 bridgehead atoms. The van der Waals surface area contributed by atoms with Gasteiger partial charge in [-0.15, -0.1) is 0 Å². The summed E-state index contributed by atoms with van der Waals surface area (Å²) in [5, 5.41) is 3.30. The largest absolute Gasteiger partial charge is 0.352 e. The van der Waals surface area contributed by atoms with E-state index in [0.717, 1.165) is 16.8 Å². The van der Waals surface area contributed by atoms with Gasteiger partial charge in [0.15, 0.2) is 11.6 Å². The van der Waals surface area contributed by atoms with Gasteiger partial charge in [-0.1, -0.05) is 72.3 Å². The zero-order chi connectivity index (χ0) is 23.6. The monoisotopic (exact) mass is 468 g/mol. The van der Waals surface area contributed by atoms with Gasteiger partial charge in [0.1, 0.15) is 5.41 Å². The molecule has 3 heterocycles. The lowest BCUT2D eigenvalue weighted by Crippen LogP contribution is -2.51. The zero-order valence-electron chi connectivity index (χ0n) is 18.4. The van der Waals surface area contributed by atoms with Gasteiger partial charge in [0, 0.05) is 16.9 Å². The third-order valence-corrected chi connectivity index (χ3v) is 7.71. The highest BCUT2D eigenvalue weighted by molar-refractivity contribution is 6.34. The van der Waals surface area contributed by atoms with Gasteiger partial charge in [-0.25, -0.2) is 0 Å². The Labute approximate surface area is 202 Å². The van der Waals surface area contributed by atoms with Crippen molar-refractivity contribution >= 4 is 46.5 Å². The van der Waals surface area contributed by atoms with E-state index in [1.54, 1.807) is 24.3 Å². The fourth-order valence-corrected chi connectivity index (χ4v) is 6.33. The van der Waals surface area contributed by atoms with Crippen molar-refractivity contribution in [2.45, 2.75) is 24.4 Å². The molecular formula is C28H21ClN2O3. The second kappa shape index (κ2) is 7.40. The molecule has 6 rings (SSSR count). The summed E-state index contributed by atoms with van der Waals surface area (Å²) in [4.78, 5) is 43.5. The van der Waals surface area contributed by atoms with Gasteiger partial charge in [0.25, 0.3) is 0 Å². The van der Waals surface area contributed by atoms with Crippen molar-refractivity contribution in [3.8, 4) is 0 Å². The Balaban J connectivity index is 1.68. The summed E-state index contributed by atoms with van der Waals surface area (Å²) in [5.74, 6) is -1.72. The maximum absolute atomic E-state index is 14.3. The summed E-state index contributed by atoms with van der Waals surface area (Å²) in [6.07, 6.45) is 3.94. The molecule has 0 aliphatic carbocycles. The van der Waals surface area contributed by atoms with Crippen molar-refractivity contribution in [1.29, 1.82) is 0 Å². The van der Waals surface area contributed by atoms with Crippen LogP contribution in [-0.2, 0) is 15.0 Å². The molecule has 1 amide bonds. The van der Waals surface area contributed by atoms with Crippen LogP contribution in [0.2, 0.25) is 5.02 Å². The molecule has 34 heavy (non-hydrogen) atoms. The summed E-state index contributed by atoms with van der Waals surface area (Å²) >= 11 is 6.46. The minimum absolute atomic E-state index is 0.172. The number of nitrogens with zero attached hydrogens (tertiary/aromatic N) is 1. The van der Waals surface area contributed by atoms with Crippen LogP contribution >= 0.6 is 11.6 Å². The van der Waals surface area contributed by atoms with Gasteiger partial charge >= 0.3 is 0 Å². The van der Waals surface area contributed by atoms with Crippen molar-refractivity contribution in [1.82, 2.24) is 0 Å². The SMILES string of the molecule is CC(=O)[C@@H]1[C@H](C(=O)c2ccccc2Cl)[C@@]2(C(=O)Nc3ccccc32)[C@H]2C=Cc3ccccc3N12. The van der Waals surface area contributed by atoms with Gasteiger partial charge in [0.2, 0.25) is 5.91 Å². The molecule has 1 fully saturated rings. The molecule has 0 unspecified atom stereocenters. The number of hydrogen-bond acceptors (Lipinski definition) is 4. The number of halogens is 1. The second-order valence-corrected chi connectivity index (χ2v) is 9.42. The molecule has 0 saturated carbocycles. The quantitative estimate of drug-likeness (QED) is 0.555. The lowest BCUT2D eigenvalue weighted by Gasteiger charge is -2.37. The van der Waals surface area contributed by atoms with Gasteiger partial charge < -0.3 is 10.2 Å². The number of fused-ring (bicyclic) bond motifs is 6. The van der Waals surface area contributed by atoms with E-state index < -0.39 is 23.4 Å². The maximum atomic E-state index is 14.3. The molecule has 4 atom stereocenters. The van der Waals surface area contributed by atoms with Crippen molar-refractivity contribution in [2.75, 3.05) is 10.2 Å². The smallest absolute Gasteiger partial charge is 0.238 e. The molecule has 5 nitrogen and oxygen atoms in total. The van der Waals surface area contributed by atoms with E-state index in [4.69, 9.17) is 11.6 Å². The molecular weight excluding hydrogens is 448 g/mol. The number of rotatable bonds is 3. The lowest BCUT2D eigenvalue weighted by atomic mass is 9.64. The average molecular weight is 469 g/mol. The number of ketones is 2. The number of hydrogen-bond donors (Lipinski definition) is 1. The molecule has 0 aromatic heterocycles. The molecule has 6 heteroatoms. The van der Waals surface area contributed by atoms with Crippen molar-refractivity contribution in [2.24, 2.45) is 5.92 Å². The minimum atomic E-state index is -1.28. The van der Waals surface area contributed by atoms with Gasteiger partial charge in [0.05, 0.1) is 23.0 Å². The number of nitrogens with one attached hydrogen (secondary N) is 1. The zero-order valence-corrected chi connectivity index (χ0v) is 19.1. The summed E-state index contributed by atoms with van der Waals surface area (Å²) in [7, 11) is 0. The highest BCUT2D eigenvalue weighted by Gasteiger charge is 2.69. The Hall–Kier alpha value is -3.70. The maximum Gasteiger partial charge on any atom is 0.238 e. The molecule has 168 valence electrons. The van der Waals surface area contributed by atoms with Gasteiger partial charge in [-0.05, 0) is 42.3 Å². The predicted molar refractivity (Wildman–Crippen MR) is 132 cm³/mol. The average Bonchev–Trinajstić information content (AvgIpc) is 3.32. The van der Waals surface area contributed by atoms with E-state index in [1.165, 1.54) is 6.92 Å². The van der Waals surface area contributed by atoms with E-state index in [-0.39, 0.29) is 17.5 Å². The van der Waals surface area contributed by atoms with Crippen molar-refractivity contribution in [3.63, 3.8) is 0 Å². The first-order valence-corrected chi connectivity index (χ1v) is 11.6. The lowest BCUT2D eigenvalue weighted by molar-refractivity contribution is -0.122. The summed E-state index contributed by atoms with van der Waals surface area (Å²) < 4.78 is 0. The molecule has 3 aromatic carbocycles. The van der Waals surface area contributed by atoms with E-state index >= 15 is 0 Å². The van der Waals surface area contributed by atoms with E-state index in [9.17, 15) is 14.4 Å². The highest BCUT2D eigenvalue weighted by atomic mass is 35.5. The third-order valence-electron chi connectivity index (χ3n) is 7.38. The van der Waals surface area contributed by atoms with Crippen LogP contribution in [0.5, 0.6) is 0 Å². The van der Waals surface area contributed by atoms with Crippen LogP contribution in [0.1, 0.15) is 28.4 Å². The molecule has 3 aromatic rings. The minimum Gasteiger partial charge on any atom is -0.352 e. The Kier molecular flexibility index (Phi) is 4.55. The summed E-state index contributed by atoms with van der Waals surface area (Å²) in [5.41, 5.74) is 2.20. The Morgan fingerprint density at radius 2 is 1.68 bits per heavy atom. The van der Waals surface area contributed by atoms with Crippen LogP contribution < -0.4 is 10.2 Å². The molecule has 1 N–H and O–H groups in total. The highest BCUT2D eigenvalue weighted by Crippen LogP contribution is 2.57. The molecule has 1 saturated heterocycles. The summed E-state index contributed by atoms with van der Waals surface area (Å²) in [6, 6.07) is 20.7. The molecule has 3 aliphatic heterocycles. The number of carbonyl (C=O) groups is 3. The van der Waals surface area contributed by atoms with E-state index in [2.05, 4.69) is 5.32 Å². The fraction of sp³-hybridized carbons (Fsp3) is 0.179. The molecule has 0 radical (unpaired) electrons.